The van der Waals surface area contributed by atoms with Crippen molar-refractivity contribution in [3.63, 3.8) is 0 Å². The fourth-order valence-corrected chi connectivity index (χ4v) is 0. The first-order valence-electron chi connectivity index (χ1n) is 2.94. The first kappa shape index (κ1) is 9.38. The molecule has 0 aromatic heterocycles. The molecule has 0 bridgehead atoms. The Kier molecular flexibility index (Phi) is 2.98. The monoisotopic (exact) mass is 258 g/mol. The van der Waals surface area contributed by atoms with Crippen molar-refractivity contribution in [2.45, 2.75) is 28.8 Å². The third-order valence-corrected chi connectivity index (χ3v) is 63.5. The molecule has 0 rings (SSSR count). The van der Waals surface area contributed by atoms with Crippen molar-refractivity contribution < 1.29 is 0 Å². The molecule has 0 heterocycles. The molecule has 0 saturated carbocycles. The van der Waals surface area contributed by atoms with E-state index in [1.165, 1.54) is 0 Å². The maximum absolute atomic E-state index is 6.28. The summed E-state index contributed by atoms with van der Waals surface area (Å²) in [5.41, 5.74) is 0. The van der Waals surface area contributed by atoms with E-state index < -0.39 is 21.7 Å². The molecule has 0 nitrogen and oxygen atoms in total. The van der Waals surface area contributed by atoms with E-state index in [1.807, 2.05) is 0 Å². The van der Waals surface area contributed by atoms with E-state index in [-0.39, 0.29) is 0 Å². The maximum atomic E-state index is 6.28. The molecule has 0 fully saturated rings. The molecular weight excluding hydrogens is 241 g/mol. The van der Waals surface area contributed by atoms with Crippen LogP contribution in [0.3, 0.4) is 0 Å². The van der Waals surface area contributed by atoms with Crippen LogP contribution in [-0.4, -0.2) is 21.7 Å². The molecule has 3 heteroatoms. The topological polar surface area (TPSA) is 0 Å². The normalized spacial score (nSPS) is 14.2. The van der Waals surface area contributed by atoms with Gasteiger partial charge >= 0.3 is 60.5 Å². The van der Waals surface area contributed by atoms with E-state index in [0.717, 1.165) is 0 Å². The van der Waals surface area contributed by atoms with Crippen molar-refractivity contribution in [1.29, 1.82) is 0 Å². The summed E-state index contributed by atoms with van der Waals surface area (Å²) in [7, 11) is 4.63. The molecule has 0 spiro atoms. The van der Waals surface area contributed by atoms with Crippen molar-refractivity contribution in [2.75, 3.05) is 0 Å². The van der Waals surface area contributed by atoms with E-state index >= 15 is 0 Å². The molecule has 0 aliphatic heterocycles. The van der Waals surface area contributed by atoms with Crippen molar-refractivity contribution in [1.82, 2.24) is 0 Å². The Bertz CT molecular complexity index is 65.4. The fraction of sp³-hybridized carbons (Fsp3) is 1.00. The molecule has 8 heavy (non-hydrogen) atoms. The fourth-order valence-electron chi connectivity index (χ4n) is 0. The van der Waals surface area contributed by atoms with E-state index in [1.54, 1.807) is 0 Å². The molecule has 0 aromatic rings. The molecule has 50 valence electrons. The Hall–Kier alpha value is 1.38. The van der Waals surface area contributed by atoms with Gasteiger partial charge in [-0.15, -0.1) is 0 Å². The molecule has 0 aliphatic carbocycles. The third-order valence-electron chi connectivity index (χ3n) is 1.78. The number of halogens is 1. The van der Waals surface area contributed by atoms with Gasteiger partial charge in [0.2, 0.25) is 0 Å². The van der Waals surface area contributed by atoms with Crippen LogP contribution in [-0.2, 0) is 0 Å². The van der Waals surface area contributed by atoms with Crippen molar-refractivity contribution in [3.05, 3.63) is 0 Å². The van der Waals surface area contributed by atoms with Crippen LogP contribution < -0.4 is 0 Å². The second-order valence-electron chi connectivity index (χ2n) is 3.72. The molecular formula is C5H15ClGe2. The van der Waals surface area contributed by atoms with E-state index in [2.05, 4.69) is 28.8 Å². The van der Waals surface area contributed by atoms with Crippen LogP contribution in [0.5, 0.6) is 0 Å². The second-order valence-corrected chi connectivity index (χ2v) is 57.7. The standard InChI is InChI=1S/C5H15ClGe2/c1-7(2,3)8(4,5)6/h1-5H3. The quantitative estimate of drug-likeness (QED) is 0.632. The van der Waals surface area contributed by atoms with Crippen LogP contribution in [0.4, 0.5) is 0 Å². The van der Waals surface area contributed by atoms with Crippen LogP contribution in [0.15, 0.2) is 0 Å². The van der Waals surface area contributed by atoms with Crippen LogP contribution in [0.25, 0.3) is 0 Å². The van der Waals surface area contributed by atoms with E-state index in [9.17, 15) is 0 Å². The predicted molar refractivity (Wildman–Crippen MR) is 46.7 cm³/mol. The molecule has 0 aliphatic rings. The summed E-state index contributed by atoms with van der Waals surface area (Å²) in [6.07, 6.45) is 0. The SMILES string of the molecule is [CH3][Ge]([CH3])([CH3])[Ge]([CH3])([CH3])[Cl]. The Labute approximate surface area is 60.3 Å². The van der Waals surface area contributed by atoms with Crippen molar-refractivity contribution >= 4 is 31.7 Å². The molecule has 0 radical (unpaired) electrons. The van der Waals surface area contributed by atoms with Gasteiger partial charge in [-0.3, -0.25) is 0 Å². The van der Waals surface area contributed by atoms with Gasteiger partial charge in [0.25, 0.3) is 0 Å². The van der Waals surface area contributed by atoms with Gasteiger partial charge in [-0.2, -0.15) is 0 Å². The molecule has 0 amide bonds. The van der Waals surface area contributed by atoms with Crippen LogP contribution in [0, 0.1) is 0 Å². The first-order chi connectivity index (χ1) is 3.25. The molecule has 0 saturated heterocycles. The van der Waals surface area contributed by atoms with Gasteiger partial charge in [0.05, 0.1) is 0 Å². The zero-order valence-corrected chi connectivity index (χ0v) is 11.3. The molecule has 0 aromatic carbocycles. The van der Waals surface area contributed by atoms with Gasteiger partial charge in [0.15, 0.2) is 0 Å². The molecule has 0 N–H and O–H groups in total. The summed E-state index contributed by atoms with van der Waals surface area (Å²) in [6.45, 7) is 0. The summed E-state index contributed by atoms with van der Waals surface area (Å²) >= 11 is -1.36. The van der Waals surface area contributed by atoms with Crippen LogP contribution in [0.1, 0.15) is 0 Å². The Balaban J connectivity index is 4.02. The molecule has 0 unspecified atom stereocenters. The van der Waals surface area contributed by atoms with Gasteiger partial charge in [0, 0.05) is 0 Å². The predicted octanol–water partition coefficient (Wildman–Crippen LogP) is 2.85. The zero-order valence-electron chi connectivity index (χ0n) is 6.38. The average molecular weight is 256 g/mol. The number of hydrogen-bond acceptors (Lipinski definition) is 0. The second kappa shape index (κ2) is 2.55. The Morgan fingerprint density at radius 3 is 1.00 bits per heavy atom. The van der Waals surface area contributed by atoms with Gasteiger partial charge in [0.1, 0.15) is 0 Å². The van der Waals surface area contributed by atoms with Gasteiger partial charge in [-0.05, 0) is 0 Å². The van der Waals surface area contributed by atoms with Crippen molar-refractivity contribution in [3.8, 4) is 0 Å². The van der Waals surface area contributed by atoms with Gasteiger partial charge in [-0.1, -0.05) is 0 Å². The average Bonchev–Trinajstić information content (AvgIpc) is 1.25. The number of rotatable bonds is 1. The summed E-state index contributed by atoms with van der Waals surface area (Å²) in [4.78, 5) is 0. The summed E-state index contributed by atoms with van der Waals surface area (Å²) in [6, 6.07) is 0. The van der Waals surface area contributed by atoms with Crippen LogP contribution in [0.2, 0.25) is 28.8 Å². The number of hydrogen-bond donors (Lipinski definition) is 0. The van der Waals surface area contributed by atoms with E-state index in [0.29, 0.717) is 0 Å². The first-order valence-corrected chi connectivity index (χ1v) is 22.7. The third kappa shape index (κ3) is 2.79. The Morgan fingerprint density at radius 1 is 0.875 bits per heavy atom. The van der Waals surface area contributed by atoms with Crippen molar-refractivity contribution in [2.24, 2.45) is 0 Å². The Morgan fingerprint density at radius 2 is 1.00 bits per heavy atom. The minimum absolute atomic E-state index is 1.36. The summed E-state index contributed by atoms with van der Waals surface area (Å²) < 4.78 is 0. The van der Waals surface area contributed by atoms with Crippen LogP contribution >= 0.6 is 10.0 Å². The van der Waals surface area contributed by atoms with E-state index in [4.69, 9.17) is 10.0 Å². The minimum atomic E-state index is -1.65. The summed E-state index contributed by atoms with van der Waals surface area (Å²) in [5, 5.41) is 0. The van der Waals surface area contributed by atoms with Gasteiger partial charge < -0.3 is 0 Å². The zero-order chi connectivity index (χ0) is 7.00. The molecule has 0 atom stereocenters. The van der Waals surface area contributed by atoms with Gasteiger partial charge in [-0.25, -0.2) is 0 Å². The summed E-state index contributed by atoms with van der Waals surface area (Å²) in [5.74, 6) is 11.8.